The molecule has 2 heteroatoms. The maximum absolute atomic E-state index is 3.45. The molecule has 1 aliphatic rings. The van der Waals surface area contributed by atoms with Crippen molar-refractivity contribution in [2.45, 2.75) is 58.0 Å². The maximum atomic E-state index is 3.45. The molecule has 0 bridgehead atoms. The Morgan fingerprint density at radius 1 is 1.17 bits per heavy atom. The molecule has 0 unspecified atom stereocenters. The summed E-state index contributed by atoms with van der Waals surface area (Å²) in [5.41, 5.74) is 3.45. The number of nitrogens with zero attached hydrogens (tertiary/aromatic N) is 1. The zero-order valence-electron chi connectivity index (χ0n) is 8.64. The van der Waals surface area contributed by atoms with E-state index >= 15 is 0 Å². The van der Waals surface area contributed by atoms with Gasteiger partial charge in [0.15, 0.2) is 0 Å². The molecule has 0 aromatic carbocycles. The third-order valence-corrected chi connectivity index (χ3v) is 2.58. The minimum absolute atomic E-state index is 0.567. The Kier molecular flexibility index (Phi) is 4.02. The van der Waals surface area contributed by atoms with Crippen molar-refractivity contribution < 1.29 is 0 Å². The fourth-order valence-electron chi connectivity index (χ4n) is 1.98. The van der Waals surface area contributed by atoms with Crippen LogP contribution >= 0.6 is 0 Å². The highest BCUT2D eigenvalue weighted by Gasteiger charge is 2.17. The van der Waals surface area contributed by atoms with Crippen molar-refractivity contribution in [3.05, 3.63) is 0 Å². The van der Waals surface area contributed by atoms with Crippen molar-refractivity contribution in [3.8, 4) is 0 Å². The highest BCUT2D eigenvalue weighted by Crippen LogP contribution is 2.20. The first-order valence-electron chi connectivity index (χ1n) is 5.19. The summed E-state index contributed by atoms with van der Waals surface area (Å²) < 4.78 is 0. The second-order valence-corrected chi connectivity index (χ2v) is 4.19. The average Bonchev–Trinajstić information content (AvgIpc) is 2.05. The van der Waals surface area contributed by atoms with Gasteiger partial charge in [0.05, 0.1) is 0 Å². The van der Waals surface area contributed by atoms with Crippen LogP contribution in [0.2, 0.25) is 0 Å². The Labute approximate surface area is 76.3 Å². The van der Waals surface area contributed by atoms with Gasteiger partial charge in [0, 0.05) is 19.1 Å². The van der Waals surface area contributed by atoms with E-state index in [1.807, 2.05) is 0 Å². The molecule has 0 spiro atoms. The lowest BCUT2D eigenvalue weighted by Crippen LogP contribution is -2.46. The van der Waals surface area contributed by atoms with E-state index in [1.54, 1.807) is 0 Å². The van der Waals surface area contributed by atoms with Crippen molar-refractivity contribution >= 4 is 0 Å². The summed E-state index contributed by atoms with van der Waals surface area (Å²) in [4.78, 5) is 0. The molecule has 0 radical (unpaired) electrons. The molecule has 0 heterocycles. The molecule has 0 aliphatic heterocycles. The molecule has 0 saturated heterocycles. The van der Waals surface area contributed by atoms with E-state index < -0.39 is 0 Å². The second kappa shape index (κ2) is 4.83. The molecule has 72 valence electrons. The lowest BCUT2D eigenvalue weighted by Gasteiger charge is -2.32. The molecule has 1 saturated carbocycles. The standard InChI is InChI=1S/C10H22N2/c1-9(2)11-12(3)10-7-5-4-6-8-10/h9-11H,4-8H2,1-3H3. The Hall–Kier alpha value is -0.0800. The predicted octanol–water partition coefficient (Wildman–Crippen LogP) is 2.16. The van der Waals surface area contributed by atoms with Crippen LogP contribution in [0.25, 0.3) is 0 Å². The lowest BCUT2D eigenvalue weighted by atomic mass is 9.95. The third-order valence-electron chi connectivity index (χ3n) is 2.58. The van der Waals surface area contributed by atoms with Crippen LogP contribution in [0.5, 0.6) is 0 Å². The largest absolute Gasteiger partial charge is 0.253 e. The van der Waals surface area contributed by atoms with Crippen LogP contribution in [-0.2, 0) is 0 Å². The van der Waals surface area contributed by atoms with Crippen LogP contribution in [0, 0.1) is 0 Å². The Morgan fingerprint density at radius 3 is 2.25 bits per heavy atom. The molecule has 0 atom stereocenters. The second-order valence-electron chi connectivity index (χ2n) is 4.19. The molecule has 0 aromatic rings. The van der Waals surface area contributed by atoms with Gasteiger partial charge in [-0.1, -0.05) is 19.3 Å². The lowest BCUT2D eigenvalue weighted by molar-refractivity contribution is 0.114. The van der Waals surface area contributed by atoms with Crippen LogP contribution < -0.4 is 5.43 Å². The summed E-state index contributed by atoms with van der Waals surface area (Å²) in [5, 5.41) is 2.31. The van der Waals surface area contributed by atoms with Crippen molar-refractivity contribution in [3.63, 3.8) is 0 Å². The van der Waals surface area contributed by atoms with Gasteiger partial charge < -0.3 is 0 Å². The van der Waals surface area contributed by atoms with Crippen molar-refractivity contribution in [2.24, 2.45) is 0 Å². The number of hydrazine groups is 1. The summed E-state index contributed by atoms with van der Waals surface area (Å²) in [7, 11) is 2.18. The fraction of sp³-hybridized carbons (Fsp3) is 1.00. The molecule has 0 amide bonds. The fourth-order valence-corrected chi connectivity index (χ4v) is 1.98. The minimum Gasteiger partial charge on any atom is -0.253 e. The molecule has 12 heavy (non-hydrogen) atoms. The van der Waals surface area contributed by atoms with Crippen molar-refractivity contribution in [1.29, 1.82) is 0 Å². The zero-order valence-corrected chi connectivity index (χ0v) is 8.64. The smallest absolute Gasteiger partial charge is 0.0240 e. The van der Waals surface area contributed by atoms with Crippen LogP contribution in [0.15, 0.2) is 0 Å². The normalized spacial score (nSPS) is 20.8. The molecular weight excluding hydrogens is 148 g/mol. The molecule has 1 aliphatic carbocycles. The SMILES string of the molecule is CC(C)NN(C)C1CCCCC1. The number of rotatable bonds is 3. The van der Waals surface area contributed by atoms with Gasteiger partial charge in [-0.25, -0.2) is 5.01 Å². The summed E-state index contributed by atoms with van der Waals surface area (Å²) in [6.45, 7) is 4.39. The Morgan fingerprint density at radius 2 is 1.75 bits per heavy atom. The quantitative estimate of drug-likeness (QED) is 0.653. The number of hydrogen-bond acceptors (Lipinski definition) is 2. The Bertz CT molecular complexity index is 117. The molecular formula is C10H22N2. The monoisotopic (exact) mass is 170 g/mol. The van der Waals surface area contributed by atoms with Crippen LogP contribution in [0.3, 0.4) is 0 Å². The van der Waals surface area contributed by atoms with Crippen LogP contribution in [-0.4, -0.2) is 24.1 Å². The van der Waals surface area contributed by atoms with Gasteiger partial charge in [-0.15, -0.1) is 0 Å². The van der Waals surface area contributed by atoms with E-state index in [4.69, 9.17) is 0 Å². The molecule has 0 aromatic heterocycles. The van der Waals surface area contributed by atoms with E-state index in [0.717, 1.165) is 6.04 Å². The third kappa shape index (κ3) is 3.11. The van der Waals surface area contributed by atoms with E-state index in [0.29, 0.717) is 6.04 Å². The van der Waals surface area contributed by atoms with Gasteiger partial charge in [-0.2, -0.15) is 0 Å². The van der Waals surface area contributed by atoms with Crippen molar-refractivity contribution in [2.75, 3.05) is 7.05 Å². The average molecular weight is 170 g/mol. The number of nitrogens with one attached hydrogen (secondary N) is 1. The summed E-state index contributed by atoms with van der Waals surface area (Å²) >= 11 is 0. The number of hydrogen-bond donors (Lipinski definition) is 1. The van der Waals surface area contributed by atoms with Crippen molar-refractivity contribution in [1.82, 2.24) is 10.4 Å². The topological polar surface area (TPSA) is 15.3 Å². The van der Waals surface area contributed by atoms with E-state index in [1.165, 1.54) is 32.1 Å². The first-order chi connectivity index (χ1) is 5.70. The highest BCUT2D eigenvalue weighted by molar-refractivity contribution is 4.71. The van der Waals surface area contributed by atoms with Crippen LogP contribution in [0.1, 0.15) is 46.0 Å². The summed E-state index contributed by atoms with van der Waals surface area (Å²) in [6.07, 6.45) is 7.00. The molecule has 1 fully saturated rings. The molecule has 2 nitrogen and oxygen atoms in total. The van der Waals surface area contributed by atoms with Gasteiger partial charge in [0.2, 0.25) is 0 Å². The van der Waals surface area contributed by atoms with E-state index in [9.17, 15) is 0 Å². The molecule has 1 N–H and O–H groups in total. The first-order valence-corrected chi connectivity index (χ1v) is 5.19. The van der Waals surface area contributed by atoms with Crippen LogP contribution in [0.4, 0.5) is 0 Å². The van der Waals surface area contributed by atoms with Gasteiger partial charge in [0.1, 0.15) is 0 Å². The minimum atomic E-state index is 0.567. The van der Waals surface area contributed by atoms with Gasteiger partial charge in [-0.3, -0.25) is 5.43 Å². The summed E-state index contributed by atoms with van der Waals surface area (Å²) in [6, 6.07) is 1.35. The van der Waals surface area contributed by atoms with E-state index in [2.05, 4.69) is 31.3 Å². The van der Waals surface area contributed by atoms with Gasteiger partial charge >= 0.3 is 0 Å². The molecule has 1 rings (SSSR count). The highest BCUT2D eigenvalue weighted by atomic mass is 15.5. The maximum Gasteiger partial charge on any atom is 0.0240 e. The zero-order chi connectivity index (χ0) is 8.97. The first kappa shape index (κ1) is 10.0. The van der Waals surface area contributed by atoms with Gasteiger partial charge in [-0.05, 0) is 26.7 Å². The summed E-state index contributed by atoms with van der Waals surface area (Å²) in [5.74, 6) is 0. The van der Waals surface area contributed by atoms with Gasteiger partial charge in [0.25, 0.3) is 0 Å². The van der Waals surface area contributed by atoms with E-state index in [-0.39, 0.29) is 0 Å². The predicted molar refractivity (Wildman–Crippen MR) is 52.9 cm³/mol. The Balaban J connectivity index is 2.24.